The molecule has 0 bridgehead atoms. The maximum atomic E-state index is 12.4. The molecule has 1 unspecified atom stereocenters. The van der Waals surface area contributed by atoms with Crippen LogP contribution in [0.2, 0.25) is 0 Å². The Kier molecular flexibility index (Phi) is 7.62. The second kappa shape index (κ2) is 11.1. The summed E-state index contributed by atoms with van der Waals surface area (Å²) in [5.41, 5.74) is 4.29. The van der Waals surface area contributed by atoms with Gasteiger partial charge < -0.3 is 30.1 Å². The molecule has 0 spiro atoms. The fraction of sp³-hybridized carbons (Fsp3) is 0.400. The van der Waals surface area contributed by atoms with Crippen molar-refractivity contribution >= 4 is 40.3 Å². The van der Waals surface area contributed by atoms with E-state index in [0.29, 0.717) is 29.0 Å². The number of hydrogen-bond acceptors (Lipinski definition) is 9. The van der Waals surface area contributed by atoms with Crippen LogP contribution in [0.1, 0.15) is 32.4 Å². The molecule has 3 aromatic rings. The number of ether oxygens (including phenoxy) is 1. The number of fused-ring (bicyclic) bond motifs is 1. The Morgan fingerprint density at radius 2 is 2.02 bits per heavy atom. The summed E-state index contributed by atoms with van der Waals surface area (Å²) >= 11 is 0. The first kappa shape index (κ1) is 27.4. The van der Waals surface area contributed by atoms with E-state index in [1.165, 1.54) is 6.08 Å². The van der Waals surface area contributed by atoms with Crippen molar-refractivity contribution in [2.75, 3.05) is 61.3 Å². The number of nitrogens with zero attached hydrogens (tertiary/aromatic N) is 6. The zero-order chi connectivity index (χ0) is 28.4. The third-order valence-corrected chi connectivity index (χ3v) is 7.49. The van der Waals surface area contributed by atoms with E-state index in [2.05, 4.69) is 80.9 Å². The number of hydrogen-bond donors (Lipinski definition) is 2. The number of likely N-dealkylation sites (N-methyl/N-ethyl adjacent to an activating group) is 1. The molecule has 2 aliphatic rings. The number of aromatic nitrogens is 3. The highest BCUT2D eigenvalue weighted by atomic mass is 16.5. The van der Waals surface area contributed by atoms with Crippen LogP contribution in [0.25, 0.3) is 0 Å². The van der Waals surface area contributed by atoms with Crippen molar-refractivity contribution in [3.63, 3.8) is 0 Å². The second-order valence-corrected chi connectivity index (χ2v) is 11.2. The quantitative estimate of drug-likeness (QED) is 0.373. The number of rotatable bonds is 9. The molecule has 0 saturated carbocycles. The van der Waals surface area contributed by atoms with Gasteiger partial charge in [0.25, 0.3) is 0 Å². The molecule has 2 N–H and O–H groups in total. The van der Waals surface area contributed by atoms with E-state index in [-0.39, 0.29) is 11.3 Å². The lowest BCUT2D eigenvalue weighted by molar-refractivity contribution is -0.111. The molecule has 10 nitrogen and oxygen atoms in total. The zero-order valence-corrected chi connectivity index (χ0v) is 23.9. The van der Waals surface area contributed by atoms with Gasteiger partial charge in [-0.3, -0.25) is 9.78 Å². The third-order valence-electron chi connectivity index (χ3n) is 7.49. The Balaban J connectivity index is 1.49. The summed E-state index contributed by atoms with van der Waals surface area (Å²) in [4.78, 5) is 32.9. The van der Waals surface area contributed by atoms with Crippen molar-refractivity contribution in [2.24, 2.45) is 0 Å². The first-order valence-electron chi connectivity index (χ1n) is 13.6. The number of nitrogens with one attached hydrogen (secondary N) is 2. The van der Waals surface area contributed by atoms with Gasteiger partial charge in [0.1, 0.15) is 23.7 Å². The molecular formula is C30H38N8O2. The minimum absolute atomic E-state index is 0.105. The molecule has 2 aliphatic heterocycles. The highest BCUT2D eigenvalue weighted by Gasteiger charge is 2.37. The van der Waals surface area contributed by atoms with Crippen molar-refractivity contribution in [3.8, 4) is 5.75 Å². The lowest BCUT2D eigenvalue weighted by Gasteiger charge is -2.31. The number of benzene rings is 1. The number of carbonyl (C=O) groups excluding carboxylic acids is 1. The Morgan fingerprint density at radius 1 is 1.20 bits per heavy atom. The van der Waals surface area contributed by atoms with Gasteiger partial charge in [-0.05, 0) is 51.2 Å². The largest absolute Gasteiger partial charge is 0.494 e. The molecule has 1 atom stereocenters. The smallest absolute Gasteiger partial charge is 0.247 e. The molecule has 2 aromatic heterocycles. The van der Waals surface area contributed by atoms with Crippen molar-refractivity contribution in [1.82, 2.24) is 19.9 Å². The Bertz CT molecular complexity index is 1410. The van der Waals surface area contributed by atoms with Crippen LogP contribution in [0.4, 0.5) is 34.4 Å². The van der Waals surface area contributed by atoms with Crippen LogP contribution in [-0.2, 0) is 10.2 Å². The topological polar surface area (TPSA) is 98.8 Å². The molecule has 4 heterocycles. The fourth-order valence-electron chi connectivity index (χ4n) is 5.72. The monoisotopic (exact) mass is 542 g/mol. The van der Waals surface area contributed by atoms with Crippen molar-refractivity contribution < 1.29 is 9.53 Å². The lowest BCUT2D eigenvalue weighted by atomic mass is 9.91. The molecule has 1 saturated heterocycles. The Labute approximate surface area is 236 Å². The summed E-state index contributed by atoms with van der Waals surface area (Å²) in [5, 5.41) is 6.41. The van der Waals surface area contributed by atoms with Gasteiger partial charge in [0.15, 0.2) is 0 Å². The van der Waals surface area contributed by atoms with Crippen molar-refractivity contribution in [1.29, 1.82) is 0 Å². The van der Waals surface area contributed by atoms with E-state index in [1.807, 2.05) is 30.5 Å². The molecule has 0 aliphatic carbocycles. The number of carbonyl (C=O) groups is 1. The van der Waals surface area contributed by atoms with E-state index in [0.717, 1.165) is 55.4 Å². The van der Waals surface area contributed by atoms with Gasteiger partial charge in [-0.1, -0.05) is 20.4 Å². The summed E-state index contributed by atoms with van der Waals surface area (Å²) in [6, 6.07) is 10.2. The third kappa shape index (κ3) is 5.44. The molecular weight excluding hydrogens is 504 g/mol. The van der Waals surface area contributed by atoms with Crippen LogP contribution in [0.5, 0.6) is 5.75 Å². The normalized spacial score (nSPS) is 17.6. The van der Waals surface area contributed by atoms with Crippen LogP contribution in [-0.4, -0.2) is 72.6 Å². The molecule has 40 heavy (non-hydrogen) atoms. The molecule has 5 rings (SSSR count). The maximum absolute atomic E-state index is 12.4. The number of methoxy groups -OCH3 is 1. The Morgan fingerprint density at radius 3 is 2.77 bits per heavy atom. The second-order valence-electron chi connectivity index (χ2n) is 11.2. The molecule has 210 valence electrons. The van der Waals surface area contributed by atoms with Gasteiger partial charge >= 0.3 is 0 Å². The van der Waals surface area contributed by atoms with Gasteiger partial charge in [-0.15, -0.1) is 0 Å². The average Bonchev–Trinajstić information content (AvgIpc) is 3.50. The maximum Gasteiger partial charge on any atom is 0.247 e. The highest BCUT2D eigenvalue weighted by molar-refractivity contribution is 6.02. The van der Waals surface area contributed by atoms with Gasteiger partial charge in [-0.25, -0.2) is 9.97 Å². The predicted molar refractivity (Wildman–Crippen MR) is 160 cm³/mol. The van der Waals surface area contributed by atoms with Crippen LogP contribution >= 0.6 is 0 Å². The molecule has 1 fully saturated rings. The van der Waals surface area contributed by atoms with Crippen molar-refractivity contribution in [2.45, 2.75) is 38.1 Å². The standard InChI is InChI=1S/C30H38N8O2/c1-7-28(39)35-21-14-22(25(40-6)15-24(21)37-13-9-10-20(37)17-36(4)5)34-26-16-27(33-19-32-26)38-18-30(2,3)29-23(38)11-8-12-31-29/h7-8,11-12,14-16,19-20H,1,9-10,13,17-18H2,2-6H3,(H,35,39)(H,32,33,34). The highest BCUT2D eigenvalue weighted by Crippen LogP contribution is 2.44. The van der Waals surface area contributed by atoms with E-state index in [4.69, 9.17) is 4.74 Å². The predicted octanol–water partition coefficient (Wildman–Crippen LogP) is 4.71. The van der Waals surface area contributed by atoms with Crippen LogP contribution < -0.4 is 25.2 Å². The van der Waals surface area contributed by atoms with Crippen LogP contribution in [0, 0.1) is 0 Å². The number of anilines is 6. The SMILES string of the molecule is C=CC(=O)Nc1cc(Nc2cc(N3CC(C)(C)c4ncccc43)ncn2)c(OC)cc1N1CCCC1CN(C)C. The van der Waals surface area contributed by atoms with Crippen molar-refractivity contribution in [3.05, 3.63) is 61.2 Å². The Hall–Kier alpha value is -4.18. The minimum Gasteiger partial charge on any atom is -0.494 e. The summed E-state index contributed by atoms with van der Waals surface area (Å²) in [7, 11) is 5.81. The van der Waals surface area contributed by atoms with E-state index in [1.54, 1.807) is 13.4 Å². The van der Waals surface area contributed by atoms with Gasteiger partial charge in [0.05, 0.1) is 35.6 Å². The summed E-state index contributed by atoms with van der Waals surface area (Å²) < 4.78 is 5.83. The molecule has 10 heteroatoms. The summed E-state index contributed by atoms with van der Waals surface area (Å²) in [5.74, 6) is 1.77. The minimum atomic E-state index is -0.269. The van der Waals surface area contributed by atoms with E-state index in [9.17, 15) is 4.79 Å². The van der Waals surface area contributed by atoms with Crippen LogP contribution in [0.3, 0.4) is 0 Å². The van der Waals surface area contributed by atoms with Gasteiger partial charge in [0.2, 0.25) is 5.91 Å². The fourth-order valence-corrected chi connectivity index (χ4v) is 5.72. The number of pyridine rings is 1. The van der Waals surface area contributed by atoms with Crippen LogP contribution in [0.15, 0.2) is 55.5 Å². The first-order valence-corrected chi connectivity index (χ1v) is 13.6. The van der Waals surface area contributed by atoms with E-state index >= 15 is 0 Å². The molecule has 1 aromatic carbocycles. The van der Waals surface area contributed by atoms with E-state index < -0.39 is 0 Å². The molecule has 1 amide bonds. The van der Waals surface area contributed by atoms with Gasteiger partial charge in [0, 0.05) is 49.4 Å². The van der Waals surface area contributed by atoms with Gasteiger partial charge in [-0.2, -0.15) is 0 Å². The summed E-state index contributed by atoms with van der Waals surface area (Å²) in [6.45, 7) is 10.6. The first-order chi connectivity index (χ1) is 19.2. The lowest BCUT2D eigenvalue weighted by Crippen LogP contribution is -2.38. The summed E-state index contributed by atoms with van der Waals surface area (Å²) in [6.07, 6.45) is 6.84. The molecule has 0 radical (unpaired) electrons. The zero-order valence-electron chi connectivity index (χ0n) is 23.9. The number of amides is 1. The average molecular weight is 543 g/mol.